The zero-order valence-electron chi connectivity index (χ0n) is 10.9. The van der Waals surface area contributed by atoms with Crippen LogP contribution >= 0.6 is 0 Å². The first-order chi connectivity index (χ1) is 9.15. The molecule has 1 aliphatic heterocycles. The average molecular weight is 262 g/mol. The van der Waals surface area contributed by atoms with Crippen LogP contribution in [0.2, 0.25) is 0 Å². The van der Waals surface area contributed by atoms with E-state index in [1.165, 1.54) is 0 Å². The van der Waals surface area contributed by atoms with Crippen molar-refractivity contribution in [2.75, 3.05) is 13.2 Å². The van der Waals surface area contributed by atoms with E-state index in [9.17, 15) is 4.79 Å². The van der Waals surface area contributed by atoms with Crippen molar-refractivity contribution in [3.05, 3.63) is 35.9 Å². The topological polar surface area (TPSA) is 70.9 Å². The van der Waals surface area contributed by atoms with Crippen molar-refractivity contribution in [3.63, 3.8) is 0 Å². The standard InChI is InChI=1S/C14H18N2O3/c1-14(13(18)15-8-5-9-17)10-12(16-19-14)11-6-3-2-4-7-11/h2-4,6-7,17H,5,8-10H2,1H3,(H,15,18)/t14-/m1/s1. The highest BCUT2D eigenvalue weighted by Crippen LogP contribution is 2.26. The van der Waals surface area contributed by atoms with E-state index in [1.54, 1.807) is 6.92 Å². The zero-order valence-corrected chi connectivity index (χ0v) is 10.9. The number of nitrogens with zero attached hydrogens (tertiary/aromatic N) is 1. The molecule has 0 saturated heterocycles. The molecular formula is C14H18N2O3. The number of nitrogens with one attached hydrogen (secondary N) is 1. The average Bonchev–Trinajstić information content (AvgIpc) is 2.84. The van der Waals surface area contributed by atoms with Gasteiger partial charge in [0.15, 0.2) is 0 Å². The van der Waals surface area contributed by atoms with Crippen molar-refractivity contribution in [3.8, 4) is 0 Å². The van der Waals surface area contributed by atoms with Crippen LogP contribution in [0.4, 0.5) is 0 Å². The molecule has 102 valence electrons. The van der Waals surface area contributed by atoms with E-state index in [0.29, 0.717) is 19.4 Å². The number of benzene rings is 1. The highest BCUT2D eigenvalue weighted by Gasteiger charge is 2.41. The summed E-state index contributed by atoms with van der Waals surface area (Å²) in [7, 11) is 0. The Kier molecular flexibility index (Phi) is 4.16. The Balaban J connectivity index is 1.97. The number of rotatable bonds is 5. The van der Waals surface area contributed by atoms with Gasteiger partial charge in [-0.15, -0.1) is 0 Å². The van der Waals surface area contributed by atoms with E-state index in [-0.39, 0.29) is 12.5 Å². The van der Waals surface area contributed by atoms with Crippen LogP contribution in [0, 0.1) is 0 Å². The summed E-state index contributed by atoms with van der Waals surface area (Å²) in [5, 5.41) is 15.4. The highest BCUT2D eigenvalue weighted by molar-refractivity contribution is 6.05. The van der Waals surface area contributed by atoms with Crippen LogP contribution in [0.3, 0.4) is 0 Å². The van der Waals surface area contributed by atoms with E-state index in [4.69, 9.17) is 9.94 Å². The summed E-state index contributed by atoms with van der Waals surface area (Å²) in [4.78, 5) is 17.3. The van der Waals surface area contributed by atoms with E-state index < -0.39 is 5.60 Å². The minimum Gasteiger partial charge on any atom is -0.396 e. The van der Waals surface area contributed by atoms with Gasteiger partial charge in [0.2, 0.25) is 5.60 Å². The van der Waals surface area contributed by atoms with Crippen LogP contribution in [-0.2, 0) is 9.63 Å². The van der Waals surface area contributed by atoms with Crippen molar-refractivity contribution in [2.45, 2.75) is 25.4 Å². The maximum absolute atomic E-state index is 12.0. The van der Waals surface area contributed by atoms with Gasteiger partial charge in [0.1, 0.15) is 0 Å². The lowest BCUT2D eigenvalue weighted by molar-refractivity contribution is -0.141. The van der Waals surface area contributed by atoms with Gasteiger partial charge in [-0.3, -0.25) is 4.79 Å². The fraction of sp³-hybridized carbons (Fsp3) is 0.429. The Morgan fingerprint density at radius 3 is 2.89 bits per heavy atom. The SMILES string of the molecule is C[C@]1(C(=O)NCCCO)CC(c2ccccc2)=NO1. The highest BCUT2D eigenvalue weighted by atomic mass is 16.7. The summed E-state index contributed by atoms with van der Waals surface area (Å²) < 4.78 is 0. The van der Waals surface area contributed by atoms with E-state index in [2.05, 4.69) is 10.5 Å². The van der Waals surface area contributed by atoms with Gasteiger partial charge >= 0.3 is 0 Å². The fourth-order valence-corrected chi connectivity index (χ4v) is 1.91. The van der Waals surface area contributed by atoms with Crippen molar-refractivity contribution in [1.82, 2.24) is 5.32 Å². The molecule has 19 heavy (non-hydrogen) atoms. The van der Waals surface area contributed by atoms with Gasteiger partial charge in [-0.2, -0.15) is 0 Å². The molecule has 2 N–H and O–H groups in total. The van der Waals surface area contributed by atoms with Crippen molar-refractivity contribution >= 4 is 11.6 Å². The molecule has 1 heterocycles. The third-order valence-electron chi connectivity index (χ3n) is 3.07. The second-order valence-corrected chi connectivity index (χ2v) is 4.74. The summed E-state index contributed by atoms with van der Waals surface area (Å²) >= 11 is 0. The smallest absolute Gasteiger partial charge is 0.267 e. The molecule has 1 aromatic rings. The van der Waals surface area contributed by atoms with Crippen LogP contribution in [0.25, 0.3) is 0 Å². The molecule has 0 spiro atoms. The Morgan fingerprint density at radius 1 is 1.47 bits per heavy atom. The predicted molar refractivity (Wildman–Crippen MR) is 71.8 cm³/mol. The first-order valence-corrected chi connectivity index (χ1v) is 6.35. The zero-order chi connectivity index (χ0) is 13.7. The minimum atomic E-state index is -0.958. The van der Waals surface area contributed by atoms with Gasteiger partial charge in [-0.1, -0.05) is 35.5 Å². The monoisotopic (exact) mass is 262 g/mol. The largest absolute Gasteiger partial charge is 0.396 e. The molecule has 0 aromatic heterocycles. The van der Waals surface area contributed by atoms with Gasteiger partial charge < -0.3 is 15.3 Å². The predicted octanol–water partition coefficient (Wildman–Crippen LogP) is 1.07. The number of hydrogen-bond donors (Lipinski definition) is 2. The van der Waals surface area contributed by atoms with Crippen LogP contribution < -0.4 is 5.32 Å². The van der Waals surface area contributed by atoms with Crippen LogP contribution in [-0.4, -0.2) is 35.5 Å². The van der Waals surface area contributed by atoms with Crippen molar-refractivity contribution in [1.29, 1.82) is 0 Å². The normalized spacial score (nSPS) is 21.7. The first-order valence-electron chi connectivity index (χ1n) is 6.35. The number of carbonyl (C=O) groups excluding carboxylic acids is 1. The summed E-state index contributed by atoms with van der Waals surface area (Å²) in [6, 6.07) is 9.67. The number of oxime groups is 1. The Bertz CT molecular complexity index is 473. The second kappa shape index (κ2) is 5.84. The molecular weight excluding hydrogens is 244 g/mol. The number of carbonyl (C=O) groups is 1. The molecule has 1 atom stereocenters. The molecule has 1 aliphatic rings. The number of hydrogen-bond acceptors (Lipinski definition) is 4. The second-order valence-electron chi connectivity index (χ2n) is 4.74. The van der Waals surface area contributed by atoms with Gasteiger partial charge in [0.05, 0.1) is 5.71 Å². The summed E-state index contributed by atoms with van der Waals surface area (Å²) in [6.45, 7) is 2.22. The lowest BCUT2D eigenvalue weighted by Gasteiger charge is -2.20. The van der Waals surface area contributed by atoms with Crippen molar-refractivity contribution < 1.29 is 14.7 Å². The quantitative estimate of drug-likeness (QED) is 0.780. The fourth-order valence-electron chi connectivity index (χ4n) is 1.91. The number of aliphatic hydroxyl groups excluding tert-OH is 1. The third-order valence-corrected chi connectivity index (χ3v) is 3.07. The van der Waals surface area contributed by atoms with Crippen LogP contribution in [0.1, 0.15) is 25.3 Å². The molecule has 2 rings (SSSR count). The Hall–Kier alpha value is -1.88. The Morgan fingerprint density at radius 2 is 2.21 bits per heavy atom. The summed E-state index contributed by atoms with van der Waals surface area (Å²) in [5.74, 6) is -0.198. The molecule has 1 amide bonds. The molecule has 5 heteroatoms. The molecule has 0 radical (unpaired) electrons. The van der Waals surface area contributed by atoms with E-state index in [0.717, 1.165) is 11.3 Å². The molecule has 0 unspecified atom stereocenters. The maximum Gasteiger partial charge on any atom is 0.267 e. The first kappa shape index (κ1) is 13.5. The van der Waals surface area contributed by atoms with E-state index >= 15 is 0 Å². The van der Waals surface area contributed by atoms with Gasteiger partial charge in [0, 0.05) is 19.6 Å². The third kappa shape index (κ3) is 3.12. The lowest BCUT2D eigenvalue weighted by Crippen LogP contribution is -2.45. The van der Waals surface area contributed by atoms with Gasteiger partial charge in [0.25, 0.3) is 5.91 Å². The number of amides is 1. The Labute approximate surface area is 112 Å². The molecule has 1 aromatic carbocycles. The molecule has 0 saturated carbocycles. The summed E-state index contributed by atoms with van der Waals surface area (Å²) in [5.41, 5.74) is 0.787. The lowest BCUT2D eigenvalue weighted by atomic mass is 9.95. The van der Waals surface area contributed by atoms with Gasteiger partial charge in [-0.05, 0) is 18.9 Å². The molecule has 5 nitrogen and oxygen atoms in total. The molecule has 0 bridgehead atoms. The number of aliphatic hydroxyl groups is 1. The minimum absolute atomic E-state index is 0.0591. The molecule has 0 fully saturated rings. The van der Waals surface area contributed by atoms with Crippen LogP contribution in [0.15, 0.2) is 35.5 Å². The summed E-state index contributed by atoms with van der Waals surface area (Å²) in [6.07, 6.45) is 0.982. The van der Waals surface area contributed by atoms with Crippen LogP contribution in [0.5, 0.6) is 0 Å². The van der Waals surface area contributed by atoms with Gasteiger partial charge in [-0.25, -0.2) is 0 Å². The molecule has 0 aliphatic carbocycles. The van der Waals surface area contributed by atoms with Crippen molar-refractivity contribution in [2.24, 2.45) is 5.16 Å². The maximum atomic E-state index is 12.0. The van der Waals surface area contributed by atoms with E-state index in [1.807, 2.05) is 30.3 Å².